The molecular formula is C20H22N4O5S. The Kier molecular flexibility index (Phi) is 6.58. The highest BCUT2D eigenvalue weighted by molar-refractivity contribution is 7.71. The molecule has 0 saturated heterocycles. The fraction of sp³-hybridized carbons (Fsp3) is 0.250. The lowest BCUT2D eigenvalue weighted by Gasteiger charge is -2.12. The molecule has 0 bridgehead atoms. The van der Waals surface area contributed by atoms with E-state index in [1.54, 1.807) is 66.0 Å². The Bertz CT molecular complexity index is 1100. The van der Waals surface area contributed by atoms with Crippen LogP contribution in [0.2, 0.25) is 0 Å². The first-order valence-electron chi connectivity index (χ1n) is 8.80. The third-order valence-electron chi connectivity index (χ3n) is 4.30. The van der Waals surface area contributed by atoms with E-state index in [2.05, 4.69) is 15.3 Å². The SMILES string of the molecule is COc1ccc(-c2n[nH]c(=S)n2/N=C\c2cc(OC)c(OC)c(OC)c2)cc1OC. The number of H-pyrrole nitrogens is 1. The number of rotatable bonds is 8. The highest BCUT2D eigenvalue weighted by atomic mass is 32.1. The minimum Gasteiger partial charge on any atom is -0.493 e. The fourth-order valence-electron chi connectivity index (χ4n) is 2.86. The average Bonchev–Trinajstić information content (AvgIpc) is 3.16. The number of hydrogen-bond acceptors (Lipinski definition) is 8. The van der Waals surface area contributed by atoms with Crippen LogP contribution in [0.5, 0.6) is 28.7 Å². The molecule has 0 unspecified atom stereocenters. The van der Waals surface area contributed by atoms with Gasteiger partial charge >= 0.3 is 0 Å². The van der Waals surface area contributed by atoms with Gasteiger partial charge in [0.1, 0.15) is 0 Å². The maximum atomic E-state index is 5.38. The number of methoxy groups -OCH3 is 5. The zero-order valence-electron chi connectivity index (χ0n) is 17.3. The molecule has 0 saturated carbocycles. The van der Waals surface area contributed by atoms with E-state index in [1.807, 2.05) is 6.07 Å². The molecule has 1 heterocycles. The number of benzene rings is 2. The number of aromatic amines is 1. The van der Waals surface area contributed by atoms with E-state index in [4.69, 9.17) is 35.9 Å². The van der Waals surface area contributed by atoms with E-state index in [-0.39, 0.29) is 0 Å². The molecule has 0 spiro atoms. The molecule has 0 atom stereocenters. The van der Waals surface area contributed by atoms with Crippen LogP contribution < -0.4 is 23.7 Å². The molecule has 0 amide bonds. The summed E-state index contributed by atoms with van der Waals surface area (Å²) in [6.07, 6.45) is 1.63. The van der Waals surface area contributed by atoms with Crippen molar-refractivity contribution in [3.05, 3.63) is 40.7 Å². The molecule has 0 aliphatic heterocycles. The predicted octanol–water partition coefficient (Wildman–Crippen LogP) is 3.53. The lowest BCUT2D eigenvalue weighted by atomic mass is 10.2. The highest BCUT2D eigenvalue weighted by Gasteiger charge is 2.14. The first kappa shape index (κ1) is 21.2. The Morgan fingerprint density at radius 3 is 2.07 bits per heavy atom. The standard InChI is InChI=1S/C20H22N4O5S/c1-25-14-7-6-13(10-15(14)26-2)19-22-23-20(30)24(19)21-11-12-8-16(27-3)18(29-5)17(9-12)28-4/h6-11H,1-5H3,(H,23,30)/b21-11-. The lowest BCUT2D eigenvalue weighted by molar-refractivity contribution is 0.324. The first-order valence-corrected chi connectivity index (χ1v) is 9.21. The molecule has 0 radical (unpaired) electrons. The van der Waals surface area contributed by atoms with Gasteiger partial charge in [-0.3, -0.25) is 0 Å². The summed E-state index contributed by atoms with van der Waals surface area (Å²) in [5.74, 6) is 3.25. The minimum absolute atomic E-state index is 0.337. The van der Waals surface area contributed by atoms with Crippen molar-refractivity contribution in [2.75, 3.05) is 35.5 Å². The van der Waals surface area contributed by atoms with E-state index in [0.717, 1.165) is 11.1 Å². The Morgan fingerprint density at radius 2 is 1.50 bits per heavy atom. The molecule has 3 rings (SSSR count). The van der Waals surface area contributed by atoms with Gasteiger partial charge in [-0.2, -0.15) is 14.9 Å². The van der Waals surface area contributed by atoms with Crippen LogP contribution >= 0.6 is 12.2 Å². The first-order chi connectivity index (χ1) is 14.6. The van der Waals surface area contributed by atoms with E-state index in [9.17, 15) is 0 Å². The zero-order chi connectivity index (χ0) is 21.7. The van der Waals surface area contributed by atoms with Gasteiger partial charge in [-0.05, 0) is 42.5 Å². The van der Waals surface area contributed by atoms with Crippen molar-refractivity contribution in [1.29, 1.82) is 0 Å². The highest BCUT2D eigenvalue weighted by Crippen LogP contribution is 2.38. The van der Waals surface area contributed by atoms with E-state index in [1.165, 1.54) is 4.68 Å². The van der Waals surface area contributed by atoms with Gasteiger partial charge in [0.2, 0.25) is 10.5 Å². The second-order valence-electron chi connectivity index (χ2n) is 5.94. The summed E-state index contributed by atoms with van der Waals surface area (Å²) >= 11 is 5.34. The number of hydrogen-bond donors (Lipinski definition) is 1. The fourth-order valence-corrected chi connectivity index (χ4v) is 3.04. The Hall–Kier alpha value is -3.53. The Balaban J connectivity index is 2.03. The molecule has 0 fully saturated rings. The van der Waals surface area contributed by atoms with Crippen molar-refractivity contribution in [2.24, 2.45) is 5.10 Å². The summed E-state index contributed by atoms with van der Waals surface area (Å²) < 4.78 is 28.6. The van der Waals surface area contributed by atoms with Crippen LogP contribution in [0.15, 0.2) is 35.4 Å². The monoisotopic (exact) mass is 430 g/mol. The summed E-state index contributed by atoms with van der Waals surface area (Å²) in [5, 5.41) is 11.5. The molecule has 0 aliphatic carbocycles. The maximum Gasteiger partial charge on any atom is 0.216 e. The van der Waals surface area contributed by atoms with Crippen molar-refractivity contribution in [3.8, 4) is 40.1 Å². The summed E-state index contributed by atoms with van der Waals surface area (Å²) in [7, 11) is 7.81. The molecule has 1 N–H and O–H groups in total. The summed E-state index contributed by atoms with van der Waals surface area (Å²) in [6.45, 7) is 0. The van der Waals surface area contributed by atoms with Crippen molar-refractivity contribution < 1.29 is 23.7 Å². The molecule has 0 aliphatic rings. The van der Waals surface area contributed by atoms with Crippen LogP contribution in [0.3, 0.4) is 0 Å². The number of aromatic nitrogens is 3. The second-order valence-corrected chi connectivity index (χ2v) is 6.32. The van der Waals surface area contributed by atoms with Crippen LogP contribution in [-0.4, -0.2) is 56.6 Å². The molecule has 10 heteroatoms. The lowest BCUT2D eigenvalue weighted by Crippen LogP contribution is -1.99. The van der Waals surface area contributed by atoms with Gasteiger partial charge < -0.3 is 23.7 Å². The molecule has 158 valence electrons. The summed E-state index contributed by atoms with van der Waals surface area (Å²) in [4.78, 5) is 0. The molecule has 2 aromatic carbocycles. The zero-order valence-corrected chi connectivity index (χ0v) is 18.1. The van der Waals surface area contributed by atoms with Crippen molar-refractivity contribution in [3.63, 3.8) is 0 Å². The van der Waals surface area contributed by atoms with Gasteiger partial charge in [-0.1, -0.05) is 0 Å². The van der Waals surface area contributed by atoms with Gasteiger partial charge in [0.05, 0.1) is 41.8 Å². The average molecular weight is 430 g/mol. The number of ether oxygens (including phenoxy) is 5. The van der Waals surface area contributed by atoms with Crippen LogP contribution in [0.4, 0.5) is 0 Å². The molecule has 3 aromatic rings. The second kappa shape index (κ2) is 9.31. The molecule has 9 nitrogen and oxygen atoms in total. The van der Waals surface area contributed by atoms with Gasteiger partial charge in [0, 0.05) is 11.1 Å². The van der Waals surface area contributed by atoms with Crippen LogP contribution in [-0.2, 0) is 0 Å². The third kappa shape index (κ3) is 4.08. The van der Waals surface area contributed by atoms with E-state index < -0.39 is 0 Å². The maximum absolute atomic E-state index is 5.38. The van der Waals surface area contributed by atoms with E-state index >= 15 is 0 Å². The quantitative estimate of drug-likeness (QED) is 0.432. The molecule has 1 aromatic heterocycles. The van der Waals surface area contributed by atoms with Gasteiger partial charge in [0.15, 0.2) is 28.8 Å². The summed E-state index contributed by atoms with van der Waals surface area (Å²) in [6, 6.07) is 9.00. The van der Waals surface area contributed by atoms with Gasteiger partial charge in [0.25, 0.3) is 0 Å². The van der Waals surface area contributed by atoms with Crippen LogP contribution in [0.25, 0.3) is 11.4 Å². The minimum atomic E-state index is 0.337. The third-order valence-corrected chi connectivity index (χ3v) is 4.57. The van der Waals surface area contributed by atoms with Crippen molar-refractivity contribution >= 4 is 18.4 Å². The van der Waals surface area contributed by atoms with Gasteiger partial charge in [-0.25, -0.2) is 5.10 Å². The normalized spacial score (nSPS) is 10.8. The van der Waals surface area contributed by atoms with Crippen molar-refractivity contribution in [2.45, 2.75) is 0 Å². The molecular weight excluding hydrogens is 408 g/mol. The van der Waals surface area contributed by atoms with Gasteiger partial charge in [-0.15, -0.1) is 0 Å². The number of nitrogens with one attached hydrogen (secondary N) is 1. The predicted molar refractivity (Wildman–Crippen MR) is 115 cm³/mol. The van der Waals surface area contributed by atoms with Crippen LogP contribution in [0, 0.1) is 4.77 Å². The smallest absolute Gasteiger partial charge is 0.216 e. The topological polar surface area (TPSA) is 92.1 Å². The van der Waals surface area contributed by atoms with Crippen LogP contribution in [0.1, 0.15) is 5.56 Å². The molecule has 30 heavy (non-hydrogen) atoms. The van der Waals surface area contributed by atoms with Crippen molar-refractivity contribution in [1.82, 2.24) is 14.9 Å². The summed E-state index contributed by atoms with van der Waals surface area (Å²) in [5.41, 5.74) is 1.48. The van der Waals surface area contributed by atoms with E-state index in [0.29, 0.717) is 39.3 Å². The Labute approximate surface area is 178 Å². The Morgan fingerprint density at radius 1 is 0.867 bits per heavy atom. The number of nitrogens with zero attached hydrogens (tertiary/aromatic N) is 3. The largest absolute Gasteiger partial charge is 0.493 e.